The van der Waals surface area contributed by atoms with Gasteiger partial charge in [-0.1, -0.05) is 53.8 Å². The fraction of sp³-hybridized carbons (Fsp3) is 0.556. The van der Waals surface area contributed by atoms with Gasteiger partial charge in [-0.25, -0.2) is 0 Å². The number of alkyl halides is 1. The Hall–Kier alpha value is 0.210. The van der Waals surface area contributed by atoms with Crippen molar-refractivity contribution < 1.29 is 0 Å². The van der Waals surface area contributed by atoms with Crippen LogP contribution in [-0.4, -0.2) is 4.43 Å². The standard InChI is InChI=1S/C9H13I/c1-9(7-8-10)5-3-2-4-6-9/h2-5H,6-8H2,1H3. The summed E-state index contributed by atoms with van der Waals surface area (Å²) in [7, 11) is 0. The molecule has 1 aliphatic carbocycles. The van der Waals surface area contributed by atoms with E-state index in [1.165, 1.54) is 17.3 Å². The SMILES string of the molecule is CC1(CCI)C=CC=CC1. The fourth-order valence-electron chi connectivity index (χ4n) is 1.17. The Bertz CT molecular complexity index is 158. The molecule has 56 valence electrons. The van der Waals surface area contributed by atoms with Gasteiger partial charge in [-0.3, -0.25) is 0 Å². The van der Waals surface area contributed by atoms with Gasteiger partial charge in [0.1, 0.15) is 0 Å². The highest BCUT2D eigenvalue weighted by Gasteiger charge is 2.18. The van der Waals surface area contributed by atoms with Crippen molar-refractivity contribution in [3.05, 3.63) is 24.3 Å². The van der Waals surface area contributed by atoms with E-state index >= 15 is 0 Å². The van der Waals surface area contributed by atoms with Crippen molar-refractivity contribution in [1.82, 2.24) is 0 Å². The molecule has 1 heteroatoms. The van der Waals surface area contributed by atoms with Gasteiger partial charge in [0.15, 0.2) is 0 Å². The molecule has 0 aromatic carbocycles. The molecular weight excluding hydrogens is 235 g/mol. The van der Waals surface area contributed by atoms with Gasteiger partial charge in [-0.15, -0.1) is 0 Å². The van der Waals surface area contributed by atoms with E-state index in [9.17, 15) is 0 Å². The van der Waals surface area contributed by atoms with E-state index in [2.05, 4.69) is 53.8 Å². The lowest BCUT2D eigenvalue weighted by molar-refractivity contribution is 0.420. The lowest BCUT2D eigenvalue weighted by Crippen LogP contribution is -2.13. The third-order valence-corrected chi connectivity index (χ3v) is 2.53. The van der Waals surface area contributed by atoms with Crippen LogP contribution in [0.2, 0.25) is 0 Å². The molecule has 0 bridgehead atoms. The number of hydrogen-bond donors (Lipinski definition) is 0. The van der Waals surface area contributed by atoms with Crippen LogP contribution in [-0.2, 0) is 0 Å². The molecule has 0 saturated carbocycles. The molecule has 0 N–H and O–H groups in total. The number of allylic oxidation sites excluding steroid dienone is 4. The molecular formula is C9H13I. The van der Waals surface area contributed by atoms with Crippen LogP contribution < -0.4 is 0 Å². The minimum atomic E-state index is 0.454. The van der Waals surface area contributed by atoms with Gasteiger partial charge in [-0.2, -0.15) is 0 Å². The Morgan fingerprint density at radius 1 is 1.50 bits per heavy atom. The number of halogens is 1. The first kappa shape index (κ1) is 8.31. The molecule has 0 nitrogen and oxygen atoms in total. The molecule has 0 spiro atoms. The predicted molar refractivity (Wildman–Crippen MR) is 54.5 cm³/mol. The normalized spacial score (nSPS) is 31.0. The molecule has 0 radical (unpaired) electrons. The van der Waals surface area contributed by atoms with Gasteiger partial charge in [0.25, 0.3) is 0 Å². The lowest BCUT2D eigenvalue weighted by Gasteiger charge is -2.25. The van der Waals surface area contributed by atoms with Crippen molar-refractivity contribution in [2.75, 3.05) is 4.43 Å². The van der Waals surface area contributed by atoms with Gasteiger partial charge in [0.2, 0.25) is 0 Å². The van der Waals surface area contributed by atoms with E-state index in [0.717, 1.165) is 0 Å². The van der Waals surface area contributed by atoms with Crippen LogP contribution in [0, 0.1) is 5.41 Å². The van der Waals surface area contributed by atoms with E-state index in [1.807, 2.05) is 0 Å². The molecule has 0 aliphatic heterocycles. The summed E-state index contributed by atoms with van der Waals surface area (Å²) in [5.41, 5.74) is 0.454. The Morgan fingerprint density at radius 3 is 2.80 bits per heavy atom. The molecule has 0 heterocycles. The average Bonchev–Trinajstić information content (AvgIpc) is 1.89. The van der Waals surface area contributed by atoms with Gasteiger partial charge >= 0.3 is 0 Å². The Labute approximate surface area is 76.5 Å². The molecule has 10 heavy (non-hydrogen) atoms. The maximum absolute atomic E-state index is 2.44. The van der Waals surface area contributed by atoms with Gasteiger partial charge < -0.3 is 0 Å². The van der Waals surface area contributed by atoms with Crippen molar-refractivity contribution in [1.29, 1.82) is 0 Å². The lowest BCUT2D eigenvalue weighted by atomic mass is 9.81. The molecule has 0 saturated heterocycles. The van der Waals surface area contributed by atoms with Crippen molar-refractivity contribution in [2.45, 2.75) is 19.8 Å². The molecule has 1 unspecified atom stereocenters. The molecule has 1 rings (SSSR count). The first-order valence-electron chi connectivity index (χ1n) is 3.67. The maximum Gasteiger partial charge on any atom is 0.000355 e. The molecule has 0 fully saturated rings. The topological polar surface area (TPSA) is 0 Å². The summed E-state index contributed by atoms with van der Waals surface area (Å²) in [6, 6.07) is 0. The summed E-state index contributed by atoms with van der Waals surface area (Å²) < 4.78 is 1.26. The van der Waals surface area contributed by atoms with Crippen LogP contribution in [0.15, 0.2) is 24.3 Å². The average molecular weight is 248 g/mol. The summed E-state index contributed by atoms with van der Waals surface area (Å²) in [6.07, 6.45) is 11.4. The first-order valence-corrected chi connectivity index (χ1v) is 5.20. The Balaban J connectivity index is 2.52. The van der Waals surface area contributed by atoms with Crippen LogP contribution in [0.1, 0.15) is 19.8 Å². The summed E-state index contributed by atoms with van der Waals surface area (Å²) in [5.74, 6) is 0. The van der Waals surface area contributed by atoms with E-state index in [-0.39, 0.29) is 0 Å². The fourth-order valence-corrected chi connectivity index (χ4v) is 2.41. The second-order valence-corrected chi connectivity index (χ2v) is 4.16. The van der Waals surface area contributed by atoms with Crippen LogP contribution in [0.5, 0.6) is 0 Å². The highest BCUT2D eigenvalue weighted by molar-refractivity contribution is 14.1. The predicted octanol–water partition coefficient (Wildman–Crippen LogP) is 3.33. The van der Waals surface area contributed by atoms with Crippen molar-refractivity contribution in [3.8, 4) is 0 Å². The van der Waals surface area contributed by atoms with Crippen LogP contribution in [0.4, 0.5) is 0 Å². The first-order chi connectivity index (χ1) is 4.77. The minimum absolute atomic E-state index is 0.454. The van der Waals surface area contributed by atoms with Gasteiger partial charge in [-0.05, 0) is 18.3 Å². The zero-order chi connectivity index (χ0) is 7.45. The van der Waals surface area contributed by atoms with E-state index in [1.54, 1.807) is 0 Å². The molecule has 1 aliphatic rings. The van der Waals surface area contributed by atoms with E-state index < -0.39 is 0 Å². The highest BCUT2D eigenvalue weighted by Crippen LogP contribution is 2.31. The largest absolute Gasteiger partial charge is 0.0863 e. The number of hydrogen-bond acceptors (Lipinski definition) is 0. The summed E-state index contributed by atoms with van der Waals surface area (Å²) in [6.45, 7) is 2.33. The minimum Gasteiger partial charge on any atom is -0.0863 e. The number of rotatable bonds is 2. The Kier molecular flexibility index (Phi) is 2.96. The third-order valence-electron chi connectivity index (χ3n) is 2.00. The van der Waals surface area contributed by atoms with E-state index in [4.69, 9.17) is 0 Å². The van der Waals surface area contributed by atoms with Gasteiger partial charge in [0.05, 0.1) is 0 Å². The molecule has 0 amide bonds. The van der Waals surface area contributed by atoms with Crippen LogP contribution in [0.25, 0.3) is 0 Å². The van der Waals surface area contributed by atoms with Crippen LogP contribution in [0.3, 0.4) is 0 Å². The monoisotopic (exact) mass is 248 g/mol. The molecule has 0 aromatic heterocycles. The second-order valence-electron chi connectivity index (χ2n) is 3.08. The Morgan fingerprint density at radius 2 is 2.30 bits per heavy atom. The maximum atomic E-state index is 2.44. The zero-order valence-corrected chi connectivity index (χ0v) is 8.47. The van der Waals surface area contributed by atoms with Gasteiger partial charge in [0, 0.05) is 4.43 Å². The second kappa shape index (κ2) is 3.56. The van der Waals surface area contributed by atoms with E-state index in [0.29, 0.717) is 5.41 Å². The quantitative estimate of drug-likeness (QED) is 0.519. The summed E-state index contributed by atoms with van der Waals surface area (Å²) >= 11 is 2.44. The summed E-state index contributed by atoms with van der Waals surface area (Å²) in [5, 5.41) is 0. The van der Waals surface area contributed by atoms with Crippen LogP contribution >= 0.6 is 22.6 Å². The third kappa shape index (κ3) is 2.11. The summed E-state index contributed by atoms with van der Waals surface area (Å²) in [4.78, 5) is 0. The van der Waals surface area contributed by atoms with Crippen molar-refractivity contribution in [2.24, 2.45) is 5.41 Å². The van der Waals surface area contributed by atoms with Crippen molar-refractivity contribution >= 4 is 22.6 Å². The molecule has 1 atom stereocenters. The highest BCUT2D eigenvalue weighted by atomic mass is 127. The van der Waals surface area contributed by atoms with Crippen molar-refractivity contribution in [3.63, 3.8) is 0 Å². The smallest absolute Gasteiger partial charge is 0.000355 e. The molecule has 0 aromatic rings. The zero-order valence-electron chi connectivity index (χ0n) is 6.31.